The smallest absolute Gasteiger partial charge is 0.235 e. The summed E-state index contributed by atoms with van der Waals surface area (Å²) in [6.07, 6.45) is 0. The first-order chi connectivity index (χ1) is 7.11. The molecule has 1 aromatic rings. The molecule has 2 rings (SSSR count). The van der Waals surface area contributed by atoms with Crippen molar-refractivity contribution in [2.75, 3.05) is 5.32 Å². The molecule has 1 heterocycles. The van der Waals surface area contributed by atoms with Gasteiger partial charge in [0, 0.05) is 11.6 Å². The highest BCUT2D eigenvalue weighted by Crippen LogP contribution is 2.35. The Morgan fingerprint density at radius 3 is 2.67 bits per heavy atom. The van der Waals surface area contributed by atoms with Gasteiger partial charge < -0.3 is 5.32 Å². The molecule has 3 nitrogen and oxygen atoms in total. The van der Waals surface area contributed by atoms with Crippen LogP contribution in [0.1, 0.15) is 25.3 Å². The van der Waals surface area contributed by atoms with Gasteiger partial charge in [-0.1, -0.05) is 25.1 Å². The molecule has 1 aliphatic heterocycles. The highest BCUT2D eigenvalue weighted by molar-refractivity contribution is 6.09. The number of fused-ring (bicyclic) bond motifs is 1. The fourth-order valence-corrected chi connectivity index (χ4v) is 2.16. The monoisotopic (exact) mass is 203 g/mol. The summed E-state index contributed by atoms with van der Waals surface area (Å²) in [7, 11) is 0. The SMILES string of the molecule is CC(=O)[C@@H]1C(=O)Nc2ccccc2[C@H]1C. The summed E-state index contributed by atoms with van der Waals surface area (Å²) in [5.74, 6) is -0.837. The number of hydrogen-bond donors (Lipinski definition) is 1. The predicted octanol–water partition coefficient (Wildman–Crippen LogP) is 1.95. The minimum absolute atomic E-state index is 0.0348. The van der Waals surface area contributed by atoms with Crippen LogP contribution < -0.4 is 5.32 Å². The summed E-state index contributed by atoms with van der Waals surface area (Å²) < 4.78 is 0. The fourth-order valence-electron chi connectivity index (χ4n) is 2.16. The van der Waals surface area contributed by atoms with Gasteiger partial charge in [0.1, 0.15) is 11.7 Å². The highest BCUT2D eigenvalue weighted by atomic mass is 16.2. The van der Waals surface area contributed by atoms with E-state index in [1.807, 2.05) is 31.2 Å². The molecule has 0 aliphatic carbocycles. The van der Waals surface area contributed by atoms with E-state index in [-0.39, 0.29) is 17.6 Å². The van der Waals surface area contributed by atoms with E-state index in [4.69, 9.17) is 0 Å². The first-order valence-corrected chi connectivity index (χ1v) is 5.01. The molecule has 3 heteroatoms. The number of amides is 1. The lowest BCUT2D eigenvalue weighted by atomic mass is 9.81. The van der Waals surface area contributed by atoms with Gasteiger partial charge in [0.2, 0.25) is 5.91 Å². The van der Waals surface area contributed by atoms with E-state index in [1.54, 1.807) is 0 Å². The zero-order valence-corrected chi connectivity index (χ0v) is 8.78. The van der Waals surface area contributed by atoms with Crippen molar-refractivity contribution in [1.82, 2.24) is 0 Å². The molecule has 78 valence electrons. The van der Waals surface area contributed by atoms with E-state index in [2.05, 4.69) is 5.32 Å². The van der Waals surface area contributed by atoms with Gasteiger partial charge in [-0.2, -0.15) is 0 Å². The molecular weight excluding hydrogens is 190 g/mol. The molecule has 1 amide bonds. The van der Waals surface area contributed by atoms with Crippen LogP contribution in [0, 0.1) is 5.92 Å². The van der Waals surface area contributed by atoms with Gasteiger partial charge in [0.05, 0.1) is 0 Å². The van der Waals surface area contributed by atoms with Crippen molar-refractivity contribution in [1.29, 1.82) is 0 Å². The number of ketones is 1. The number of rotatable bonds is 1. The van der Waals surface area contributed by atoms with E-state index in [0.29, 0.717) is 0 Å². The highest BCUT2D eigenvalue weighted by Gasteiger charge is 2.35. The lowest BCUT2D eigenvalue weighted by Gasteiger charge is -2.28. The van der Waals surface area contributed by atoms with Crippen molar-refractivity contribution in [3.8, 4) is 0 Å². The molecule has 0 aromatic heterocycles. The van der Waals surface area contributed by atoms with Crippen LogP contribution in [-0.2, 0) is 9.59 Å². The quantitative estimate of drug-likeness (QED) is 0.709. The largest absolute Gasteiger partial charge is 0.325 e. The van der Waals surface area contributed by atoms with Crippen molar-refractivity contribution >= 4 is 17.4 Å². The number of hydrogen-bond acceptors (Lipinski definition) is 2. The summed E-state index contributed by atoms with van der Waals surface area (Å²) in [4.78, 5) is 23.0. The Bertz CT molecular complexity index is 425. The molecule has 0 fully saturated rings. The minimum atomic E-state index is -0.542. The normalized spacial score (nSPS) is 24.3. The Morgan fingerprint density at radius 2 is 2.00 bits per heavy atom. The van der Waals surface area contributed by atoms with Gasteiger partial charge in [0.15, 0.2) is 0 Å². The lowest BCUT2D eigenvalue weighted by molar-refractivity contribution is -0.130. The maximum Gasteiger partial charge on any atom is 0.235 e. The third kappa shape index (κ3) is 1.54. The summed E-state index contributed by atoms with van der Waals surface area (Å²) in [5, 5.41) is 2.76. The molecule has 0 saturated heterocycles. The number of Topliss-reactive ketones (excluding diaryl/α,β-unsaturated/α-hetero) is 1. The Kier molecular flexibility index (Phi) is 2.31. The van der Waals surface area contributed by atoms with Crippen molar-refractivity contribution < 1.29 is 9.59 Å². The second-order valence-corrected chi connectivity index (χ2v) is 3.95. The number of benzene rings is 1. The standard InChI is InChI=1S/C12H13NO2/c1-7-9-5-3-4-6-10(9)13-12(15)11(7)8(2)14/h3-7,11H,1-2H3,(H,13,15)/t7-,11-/m1/s1. The van der Waals surface area contributed by atoms with E-state index < -0.39 is 5.92 Å². The molecule has 1 N–H and O–H groups in total. The van der Waals surface area contributed by atoms with Gasteiger partial charge >= 0.3 is 0 Å². The van der Waals surface area contributed by atoms with Crippen LogP contribution in [0.4, 0.5) is 5.69 Å². The average Bonchev–Trinajstić information content (AvgIpc) is 2.17. The zero-order chi connectivity index (χ0) is 11.0. The van der Waals surface area contributed by atoms with Crippen LogP contribution in [0.3, 0.4) is 0 Å². The van der Waals surface area contributed by atoms with Crippen molar-refractivity contribution in [2.24, 2.45) is 5.92 Å². The fraction of sp³-hybridized carbons (Fsp3) is 0.333. The van der Waals surface area contributed by atoms with Gasteiger partial charge in [-0.25, -0.2) is 0 Å². The maximum absolute atomic E-state index is 11.7. The molecule has 0 radical (unpaired) electrons. The molecular formula is C12H13NO2. The first kappa shape index (κ1) is 9.90. The Morgan fingerprint density at radius 1 is 1.33 bits per heavy atom. The number of carbonyl (C=O) groups is 2. The summed E-state index contributed by atoms with van der Waals surface area (Å²) in [6.45, 7) is 3.39. The van der Waals surface area contributed by atoms with Gasteiger partial charge in [-0.3, -0.25) is 9.59 Å². The Labute approximate surface area is 88.5 Å². The van der Waals surface area contributed by atoms with Crippen LogP contribution in [0.5, 0.6) is 0 Å². The van der Waals surface area contributed by atoms with E-state index in [9.17, 15) is 9.59 Å². The van der Waals surface area contributed by atoms with Crippen molar-refractivity contribution in [2.45, 2.75) is 19.8 Å². The Balaban J connectivity index is 2.47. The Hall–Kier alpha value is -1.64. The first-order valence-electron chi connectivity index (χ1n) is 5.01. The molecule has 15 heavy (non-hydrogen) atoms. The number of anilines is 1. The number of nitrogens with one attached hydrogen (secondary N) is 1. The second kappa shape index (κ2) is 3.50. The van der Waals surface area contributed by atoms with E-state index in [1.165, 1.54) is 6.92 Å². The molecule has 1 aromatic carbocycles. The van der Waals surface area contributed by atoms with Crippen LogP contribution in [0.2, 0.25) is 0 Å². The third-order valence-electron chi connectivity index (χ3n) is 2.93. The van der Waals surface area contributed by atoms with Crippen LogP contribution in [0.15, 0.2) is 24.3 Å². The molecule has 1 aliphatic rings. The molecule has 2 atom stereocenters. The van der Waals surface area contributed by atoms with Crippen LogP contribution >= 0.6 is 0 Å². The van der Waals surface area contributed by atoms with Gasteiger partial charge in [-0.05, 0) is 18.6 Å². The van der Waals surface area contributed by atoms with Crippen LogP contribution in [-0.4, -0.2) is 11.7 Å². The molecule has 0 saturated carbocycles. The lowest BCUT2D eigenvalue weighted by Crippen LogP contribution is -2.36. The van der Waals surface area contributed by atoms with Crippen molar-refractivity contribution in [3.05, 3.63) is 29.8 Å². The molecule has 0 bridgehead atoms. The second-order valence-electron chi connectivity index (χ2n) is 3.95. The predicted molar refractivity (Wildman–Crippen MR) is 57.7 cm³/mol. The van der Waals surface area contributed by atoms with Gasteiger partial charge in [0.25, 0.3) is 0 Å². The molecule has 0 unspecified atom stereocenters. The van der Waals surface area contributed by atoms with Gasteiger partial charge in [-0.15, -0.1) is 0 Å². The minimum Gasteiger partial charge on any atom is -0.325 e. The summed E-state index contributed by atoms with van der Waals surface area (Å²) >= 11 is 0. The van der Waals surface area contributed by atoms with E-state index in [0.717, 1.165) is 11.3 Å². The molecule has 0 spiro atoms. The summed E-state index contributed by atoms with van der Waals surface area (Å²) in [5.41, 5.74) is 1.87. The van der Waals surface area contributed by atoms with E-state index >= 15 is 0 Å². The average molecular weight is 203 g/mol. The number of carbonyl (C=O) groups excluding carboxylic acids is 2. The zero-order valence-electron chi connectivity index (χ0n) is 8.78. The summed E-state index contributed by atoms with van der Waals surface area (Å²) in [6, 6.07) is 7.61. The maximum atomic E-state index is 11.7. The van der Waals surface area contributed by atoms with Crippen LogP contribution in [0.25, 0.3) is 0 Å². The number of para-hydroxylation sites is 1. The van der Waals surface area contributed by atoms with Crippen molar-refractivity contribution in [3.63, 3.8) is 0 Å². The topological polar surface area (TPSA) is 46.2 Å². The third-order valence-corrected chi connectivity index (χ3v) is 2.93.